The molecular formula is C7H10ClN3O2. The molecule has 1 aromatic rings. The van der Waals surface area contributed by atoms with Gasteiger partial charge in [0.2, 0.25) is 0 Å². The number of pyridine rings is 1. The number of nitro groups is 1. The first kappa shape index (κ1) is 11.8. The van der Waals surface area contributed by atoms with E-state index in [1.807, 2.05) is 0 Å². The molecule has 1 rings (SSSR count). The van der Waals surface area contributed by atoms with Crippen LogP contribution < -0.4 is 5.73 Å². The molecule has 0 aliphatic carbocycles. The molecule has 0 aliphatic heterocycles. The van der Waals surface area contributed by atoms with Gasteiger partial charge in [0.05, 0.1) is 4.92 Å². The van der Waals surface area contributed by atoms with E-state index >= 15 is 0 Å². The third kappa shape index (κ3) is 2.96. The van der Waals surface area contributed by atoms with E-state index in [9.17, 15) is 10.1 Å². The summed E-state index contributed by atoms with van der Waals surface area (Å²) in [4.78, 5) is 13.5. The monoisotopic (exact) mass is 203 g/mol. The van der Waals surface area contributed by atoms with Gasteiger partial charge in [0.15, 0.2) is 0 Å². The van der Waals surface area contributed by atoms with Gasteiger partial charge in [-0.1, -0.05) is 0 Å². The van der Waals surface area contributed by atoms with E-state index < -0.39 is 4.92 Å². The SMILES string of the molecule is C[C@@H](N)c1cncc([N+](=O)[O-])c1.Cl. The quantitative estimate of drug-likeness (QED) is 0.582. The van der Waals surface area contributed by atoms with E-state index in [0.717, 1.165) is 0 Å². The zero-order valence-electron chi connectivity index (χ0n) is 7.01. The van der Waals surface area contributed by atoms with Crippen LogP contribution in [0.2, 0.25) is 0 Å². The Balaban J connectivity index is 0.00000144. The van der Waals surface area contributed by atoms with Crippen LogP contribution in [0.1, 0.15) is 18.5 Å². The molecule has 5 nitrogen and oxygen atoms in total. The number of rotatable bonds is 2. The largest absolute Gasteiger partial charge is 0.324 e. The first-order chi connectivity index (χ1) is 5.61. The summed E-state index contributed by atoms with van der Waals surface area (Å²) in [6.45, 7) is 1.75. The summed E-state index contributed by atoms with van der Waals surface area (Å²) in [6, 6.07) is 1.20. The molecule has 0 unspecified atom stereocenters. The van der Waals surface area contributed by atoms with Crippen LogP contribution in [-0.2, 0) is 0 Å². The van der Waals surface area contributed by atoms with Crippen molar-refractivity contribution >= 4 is 18.1 Å². The van der Waals surface area contributed by atoms with Gasteiger partial charge < -0.3 is 5.73 Å². The van der Waals surface area contributed by atoms with Gasteiger partial charge in [-0.15, -0.1) is 12.4 Å². The number of nitrogens with zero attached hydrogens (tertiary/aromatic N) is 2. The molecule has 0 saturated heterocycles. The van der Waals surface area contributed by atoms with Crippen LogP contribution in [0, 0.1) is 10.1 Å². The third-order valence-corrected chi connectivity index (χ3v) is 1.48. The molecule has 13 heavy (non-hydrogen) atoms. The van der Waals surface area contributed by atoms with Crippen molar-refractivity contribution in [3.63, 3.8) is 0 Å². The zero-order valence-corrected chi connectivity index (χ0v) is 7.82. The third-order valence-electron chi connectivity index (χ3n) is 1.48. The van der Waals surface area contributed by atoms with Gasteiger partial charge in [-0.05, 0) is 12.5 Å². The number of aromatic nitrogens is 1. The lowest BCUT2D eigenvalue weighted by Gasteiger charge is -2.02. The van der Waals surface area contributed by atoms with Crippen LogP contribution in [0.4, 0.5) is 5.69 Å². The Hall–Kier alpha value is -1.20. The van der Waals surface area contributed by atoms with Gasteiger partial charge in [-0.2, -0.15) is 0 Å². The number of halogens is 1. The highest BCUT2D eigenvalue weighted by molar-refractivity contribution is 5.85. The maximum atomic E-state index is 10.3. The summed E-state index contributed by atoms with van der Waals surface area (Å²) in [6.07, 6.45) is 2.73. The molecule has 1 aromatic heterocycles. The number of nitrogens with two attached hydrogens (primary N) is 1. The Kier molecular flexibility index (Phi) is 4.30. The highest BCUT2D eigenvalue weighted by atomic mass is 35.5. The first-order valence-electron chi connectivity index (χ1n) is 3.46. The molecule has 1 heterocycles. The fourth-order valence-corrected chi connectivity index (χ4v) is 0.794. The second kappa shape index (κ2) is 4.74. The lowest BCUT2D eigenvalue weighted by atomic mass is 10.1. The predicted molar refractivity (Wildman–Crippen MR) is 50.7 cm³/mol. The fraction of sp³-hybridized carbons (Fsp3) is 0.286. The molecule has 0 aromatic carbocycles. The molecular weight excluding hydrogens is 194 g/mol. The van der Waals surface area contributed by atoms with Crippen LogP contribution in [0.15, 0.2) is 18.5 Å². The summed E-state index contributed by atoms with van der Waals surface area (Å²) in [5, 5.41) is 10.3. The van der Waals surface area contributed by atoms with Crippen molar-refractivity contribution in [2.75, 3.05) is 0 Å². The molecule has 2 N–H and O–H groups in total. The van der Waals surface area contributed by atoms with Crippen LogP contribution >= 0.6 is 12.4 Å². The van der Waals surface area contributed by atoms with E-state index in [2.05, 4.69) is 4.98 Å². The van der Waals surface area contributed by atoms with E-state index in [1.54, 1.807) is 6.92 Å². The summed E-state index contributed by atoms with van der Waals surface area (Å²) in [5.74, 6) is 0. The highest BCUT2D eigenvalue weighted by Crippen LogP contribution is 2.14. The Morgan fingerprint density at radius 2 is 2.23 bits per heavy atom. The molecule has 0 spiro atoms. The average Bonchev–Trinajstić information content (AvgIpc) is 2.04. The normalized spacial score (nSPS) is 11.5. The average molecular weight is 204 g/mol. The van der Waals surface area contributed by atoms with Crippen molar-refractivity contribution in [1.29, 1.82) is 0 Å². The van der Waals surface area contributed by atoms with Crippen molar-refractivity contribution in [1.82, 2.24) is 4.98 Å². The lowest BCUT2D eigenvalue weighted by Crippen LogP contribution is -2.05. The molecule has 0 bridgehead atoms. The van der Waals surface area contributed by atoms with E-state index in [1.165, 1.54) is 18.5 Å². The molecule has 6 heteroatoms. The van der Waals surface area contributed by atoms with Crippen LogP contribution in [-0.4, -0.2) is 9.91 Å². The molecule has 0 saturated carbocycles. The summed E-state index contributed by atoms with van der Waals surface area (Å²) in [7, 11) is 0. The molecule has 1 atom stereocenters. The van der Waals surface area contributed by atoms with Gasteiger partial charge in [0.25, 0.3) is 5.69 Å². The van der Waals surface area contributed by atoms with E-state index in [4.69, 9.17) is 5.73 Å². The summed E-state index contributed by atoms with van der Waals surface area (Å²) in [5.41, 5.74) is 6.17. The van der Waals surface area contributed by atoms with Gasteiger partial charge in [0.1, 0.15) is 6.20 Å². The molecule has 72 valence electrons. The minimum atomic E-state index is -0.487. The van der Waals surface area contributed by atoms with Crippen LogP contribution in [0.3, 0.4) is 0 Å². The molecule has 0 amide bonds. The smallest absolute Gasteiger partial charge is 0.287 e. The highest BCUT2D eigenvalue weighted by Gasteiger charge is 2.08. The van der Waals surface area contributed by atoms with Crippen molar-refractivity contribution in [2.24, 2.45) is 5.73 Å². The number of hydrogen-bond donors (Lipinski definition) is 1. The summed E-state index contributed by atoms with van der Waals surface area (Å²) < 4.78 is 0. The molecule has 0 aliphatic rings. The van der Waals surface area contributed by atoms with Crippen LogP contribution in [0.5, 0.6) is 0 Å². The van der Waals surface area contributed by atoms with Crippen LogP contribution in [0.25, 0.3) is 0 Å². The van der Waals surface area contributed by atoms with Gasteiger partial charge >= 0.3 is 0 Å². The van der Waals surface area contributed by atoms with Crippen molar-refractivity contribution in [3.8, 4) is 0 Å². The Labute approximate surface area is 81.5 Å². The van der Waals surface area contributed by atoms with Crippen molar-refractivity contribution in [2.45, 2.75) is 13.0 Å². The standard InChI is InChI=1S/C7H9N3O2.ClH/c1-5(8)6-2-7(10(11)12)4-9-3-6;/h2-5H,8H2,1H3;1H/t5-;/m1./s1. The van der Waals surface area contributed by atoms with Crippen molar-refractivity contribution in [3.05, 3.63) is 34.1 Å². The second-order valence-corrected chi connectivity index (χ2v) is 2.52. The Morgan fingerprint density at radius 1 is 1.62 bits per heavy atom. The lowest BCUT2D eigenvalue weighted by molar-refractivity contribution is -0.385. The Bertz CT molecular complexity index is 304. The fourth-order valence-electron chi connectivity index (χ4n) is 0.794. The van der Waals surface area contributed by atoms with E-state index in [0.29, 0.717) is 5.56 Å². The zero-order chi connectivity index (χ0) is 9.14. The first-order valence-corrected chi connectivity index (χ1v) is 3.46. The molecule has 0 radical (unpaired) electrons. The topological polar surface area (TPSA) is 82.0 Å². The second-order valence-electron chi connectivity index (χ2n) is 2.52. The summed E-state index contributed by atoms with van der Waals surface area (Å²) >= 11 is 0. The van der Waals surface area contributed by atoms with Gasteiger partial charge in [-0.3, -0.25) is 15.1 Å². The van der Waals surface area contributed by atoms with Crippen molar-refractivity contribution < 1.29 is 4.92 Å². The predicted octanol–water partition coefficient (Wildman–Crippen LogP) is 1.43. The number of hydrogen-bond acceptors (Lipinski definition) is 4. The molecule has 0 fully saturated rings. The minimum Gasteiger partial charge on any atom is -0.324 e. The maximum Gasteiger partial charge on any atom is 0.287 e. The minimum absolute atomic E-state index is 0. The maximum absolute atomic E-state index is 10.3. The Morgan fingerprint density at radius 3 is 2.69 bits per heavy atom. The van der Waals surface area contributed by atoms with Gasteiger partial charge in [-0.25, -0.2) is 0 Å². The van der Waals surface area contributed by atoms with Gasteiger partial charge in [0, 0.05) is 18.3 Å². The van der Waals surface area contributed by atoms with E-state index in [-0.39, 0.29) is 24.1 Å².